The van der Waals surface area contributed by atoms with Gasteiger partial charge in [0.1, 0.15) is 0 Å². The fraction of sp³-hybridized carbons (Fsp3) is 0.269. The van der Waals surface area contributed by atoms with Crippen molar-refractivity contribution in [3.05, 3.63) is 108 Å². The molecule has 0 atom stereocenters. The number of hydrogen-bond donors (Lipinski definition) is 0. The second-order valence-corrected chi connectivity index (χ2v) is 7.76. The van der Waals surface area contributed by atoms with E-state index in [0.717, 1.165) is 43.9 Å². The Hall–Kier alpha value is -2.75. The molecule has 29 heavy (non-hydrogen) atoms. The number of hydrogen-bond acceptors (Lipinski definition) is 3. The highest BCUT2D eigenvalue weighted by molar-refractivity contribution is 5.90. The molecule has 4 rings (SSSR count). The zero-order valence-corrected chi connectivity index (χ0v) is 16.8. The molecular formula is C26H28N2O. The summed E-state index contributed by atoms with van der Waals surface area (Å²) in [5.41, 5.74) is 3.50. The third kappa shape index (κ3) is 5.20. The van der Waals surface area contributed by atoms with Gasteiger partial charge in [0, 0.05) is 32.7 Å². The van der Waals surface area contributed by atoms with Crippen LogP contribution in [-0.4, -0.2) is 48.3 Å². The highest BCUT2D eigenvalue weighted by Crippen LogP contribution is 2.26. The summed E-state index contributed by atoms with van der Waals surface area (Å²) in [6, 6.07) is 30.9. The molecule has 0 aliphatic carbocycles. The van der Waals surface area contributed by atoms with E-state index in [1.807, 2.05) is 36.4 Å². The SMILES string of the molecule is O=C(CN1CCN(Cc2ccccc2)CC1)C(c1ccccc1)c1ccccc1. The maximum absolute atomic E-state index is 13.3. The van der Waals surface area contributed by atoms with Gasteiger partial charge >= 0.3 is 0 Å². The molecule has 0 spiro atoms. The summed E-state index contributed by atoms with van der Waals surface area (Å²) in [7, 11) is 0. The van der Waals surface area contributed by atoms with Gasteiger partial charge in [0.15, 0.2) is 5.78 Å². The van der Waals surface area contributed by atoms with Gasteiger partial charge in [-0.3, -0.25) is 14.6 Å². The van der Waals surface area contributed by atoms with E-state index in [4.69, 9.17) is 0 Å². The fourth-order valence-corrected chi connectivity index (χ4v) is 4.11. The second kappa shape index (κ2) is 9.64. The molecule has 1 aliphatic rings. The highest BCUT2D eigenvalue weighted by Gasteiger charge is 2.26. The third-order valence-electron chi connectivity index (χ3n) is 5.68. The summed E-state index contributed by atoms with van der Waals surface area (Å²) in [5.74, 6) is 0.0821. The first-order chi connectivity index (χ1) is 14.3. The van der Waals surface area contributed by atoms with Gasteiger partial charge < -0.3 is 0 Å². The summed E-state index contributed by atoms with van der Waals surface area (Å²) >= 11 is 0. The Morgan fingerprint density at radius 3 is 1.62 bits per heavy atom. The van der Waals surface area contributed by atoms with Crippen LogP contribution in [0.5, 0.6) is 0 Å². The quantitative estimate of drug-likeness (QED) is 0.610. The van der Waals surface area contributed by atoms with Gasteiger partial charge in [0.25, 0.3) is 0 Å². The molecule has 0 bridgehead atoms. The Kier molecular flexibility index (Phi) is 6.50. The van der Waals surface area contributed by atoms with Crippen LogP contribution in [0.15, 0.2) is 91.0 Å². The molecule has 3 heteroatoms. The summed E-state index contributed by atoms with van der Waals surface area (Å²) in [5, 5.41) is 0. The minimum Gasteiger partial charge on any atom is -0.297 e. The van der Waals surface area contributed by atoms with Crippen molar-refractivity contribution in [2.75, 3.05) is 32.7 Å². The Bertz CT molecular complexity index is 848. The molecule has 3 aromatic carbocycles. The van der Waals surface area contributed by atoms with E-state index in [-0.39, 0.29) is 11.7 Å². The monoisotopic (exact) mass is 384 g/mol. The predicted octanol–water partition coefficient (Wildman–Crippen LogP) is 4.21. The lowest BCUT2D eigenvalue weighted by Crippen LogP contribution is -2.48. The van der Waals surface area contributed by atoms with Crippen LogP contribution in [0.1, 0.15) is 22.6 Å². The third-order valence-corrected chi connectivity index (χ3v) is 5.68. The standard InChI is InChI=1S/C26H28N2O/c29-25(26(23-12-6-2-7-13-23)24-14-8-3-9-15-24)21-28-18-16-27(17-19-28)20-22-10-4-1-5-11-22/h1-15,26H,16-21H2. The summed E-state index contributed by atoms with van der Waals surface area (Å²) in [6.07, 6.45) is 0. The van der Waals surface area contributed by atoms with Gasteiger partial charge in [-0.15, -0.1) is 0 Å². The van der Waals surface area contributed by atoms with Crippen molar-refractivity contribution in [3.63, 3.8) is 0 Å². The van der Waals surface area contributed by atoms with Crippen LogP contribution in [0.2, 0.25) is 0 Å². The Balaban J connectivity index is 1.39. The predicted molar refractivity (Wildman–Crippen MR) is 118 cm³/mol. The van der Waals surface area contributed by atoms with Crippen molar-refractivity contribution < 1.29 is 4.79 Å². The largest absolute Gasteiger partial charge is 0.297 e. The minimum absolute atomic E-state index is 0.195. The van der Waals surface area contributed by atoms with Crippen molar-refractivity contribution in [1.82, 2.24) is 9.80 Å². The first-order valence-corrected chi connectivity index (χ1v) is 10.4. The van der Waals surface area contributed by atoms with Crippen LogP contribution >= 0.6 is 0 Å². The van der Waals surface area contributed by atoms with E-state index in [1.54, 1.807) is 0 Å². The molecule has 1 aliphatic heterocycles. The number of carbonyl (C=O) groups excluding carboxylic acids is 1. The van der Waals surface area contributed by atoms with Gasteiger partial charge in [0.2, 0.25) is 0 Å². The zero-order valence-electron chi connectivity index (χ0n) is 16.8. The zero-order chi connectivity index (χ0) is 19.9. The molecule has 3 nitrogen and oxygen atoms in total. The van der Waals surface area contributed by atoms with Gasteiger partial charge in [-0.05, 0) is 16.7 Å². The van der Waals surface area contributed by atoms with Crippen LogP contribution < -0.4 is 0 Å². The summed E-state index contributed by atoms with van der Waals surface area (Å²) in [6.45, 7) is 5.38. The molecule has 1 saturated heterocycles. The highest BCUT2D eigenvalue weighted by atomic mass is 16.1. The van der Waals surface area contributed by atoms with E-state index >= 15 is 0 Å². The van der Waals surface area contributed by atoms with E-state index in [2.05, 4.69) is 64.4 Å². The molecular weight excluding hydrogens is 356 g/mol. The van der Waals surface area contributed by atoms with Crippen LogP contribution in [0.3, 0.4) is 0 Å². The van der Waals surface area contributed by atoms with Crippen molar-refractivity contribution >= 4 is 5.78 Å². The van der Waals surface area contributed by atoms with Crippen molar-refractivity contribution in [2.45, 2.75) is 12.5 Å². The normalized spacial score (nSPS) is 15.5. The number of ketones is 1. The number of carbonyl (C=O) groups is 1. The van der Waals surface area contributed by atoms with Crippen molar-refractivity contribution in [2.24, 2.45) is 0 Å². The average molecular weight is 385 g/mol. The molecule has 0 aromatic heterocycles. The molecule has 148 valence electrons. The molecule has 1 fully saturated rings. The fourth-order valence-electron chi connectivity index (χ4n) is 4.11. The van der Waals surface area contributed by atoms with Crippen molar-refractivity contribution in [3.8, 4) is 0 Å². The van der Waals surface area contributed by atoms with Crippen LogP contribution in [0, 0.1) is 0 Å². The molecule has 1 heterocycles. The van der Waals surface area contributed by atoms with Gasteiger partial charge in [-0.1, -0.05) is 91.0 Å². The molecule has 0 saturated carbocycles. The number of nitrogens with zero attached hydrogens (tertiary/aromatic N) is 2. The van der Waals surface area contributed by atoms with Crippen molar-refractivity contribution in [1.29, 1.82) is 0 Å². The average Bonchev–Trinajstić information content (AvgIpc) is 2.78. The second-order valence-electron chi connectivity index (χ2n) is 7.76. The Morgan fingerprint density at radius 1 is 0.655 bits per heavy atom. The Labute approximate surface area is 173 Å². The minimum atomic E-state index is -0.195. The molecule has 0 N–H and O–H groups in total. The lowest BCUT2D eigenvalue weighted by Gasteiger charge is -2.35. The molecule has 0 unspecified atom stereocenters. The van der Waals surface area contributed by atoms with Crippen LogP contribution in [0.4, 0.5) is 0 Å². The van der Waals surface area contributed by atoms with E-state index in [9.17, 15) is 4.79 Å². The molecule has 0 radical (unpaired) electrons. The van der Waals surface area contributed by atoms with Gasteiger partial charge in [-0.2, -0.15) is 0 Å². The first-order valence-electron chi connectivity index (χ1n) is 10.4. The lowest BCUT2D eigenvalue weighted by molar-refractivity contribution is -0.121. The lowest BCUT2D eigenvalue weighted by atomic mass is 9.87. The number of rotatable bonds is 7. The maximum Gasteiger partial charge on any atom is 0.158 e. The summed E-state index contributed by atoms with van der Waals surface area (Å²) < 4.78 is 0. The van der Waals surface area contributed by atoms with E-state index in [1.165, 1.54) is 5.56 Å². The topological polar surface area (TPSA) is 23.6 Å². The van der Waals surface area contributed by atoms with Crippen LogP contribution in [0.25, 0.3) is 0 Å². The molecule has 0 amide bonds. The van der Waals surface area contributed by atoms with Crippen LogP contribution in [-0.2, 0) is 11.3 Å². The first kappa shape index (κ1) is 19.6. The van der Waals surface area contributed by atoms with Gasteiger partial charge in [-0.25, -0.2) is 0 Å². The van der Waals surface area contributed by atoms with E-state index < -0.39 is 0 Å². The smallest absolute Gasteiger partial charge is 0.158 e. The number of benzene rings is 3. The Morgan fingerprint density at radius 2 is 1.10 bits per heavy atom. The number of Topliss-reactive ketones (excluding diaryl/α,β-unsaturated/α-hetero) is 1. The number of piperazine rings is 1. The maximum atomic E-state index is 13.3. The van der Waals surface area contributed by atoms with E-state index in [0.29, 0.717) is 6.54 Å². The summed E-state index contributed by atoms with van der Waals surface area (Å²) in [4.78, 5) is 18.1. The molecule has 3 aromatic rings. The van der Waals surface area contributed by atoms with Gasteiger partial charge in [0.05, 0.1) is 12.5 Å².